The van der Waals surface area contributed by atoms with E-state index in [0.717, 1.165) is 41.9 Å². The van der Waals surface area contributed by atoms with E-state index in [2.05, 4.69) is 6.08 Å². The maximum atomic E-state index is 13.2. The maximum absolute atomic E-state index is 13.2. The highest BCUT2D eigenvalue weighted by molar-refractivity contribution is 5.66. The van der Waals surface area contributed by atoms with Crippen molar-refractivity contribution >= 4 is 5.57 Å². The summed E-state index contributed by atoms with van der Waals surface area (Å²) in [5.41, 5.74) is 1.84. The molecule has 1 saturated carbocycles. The molecular formula is C17H20F2. The first kappa shape index (κ1) is 12.8. The summed E-state index contributed by atoms with van der Waals surface area (Å²) in [5, 5.41) is 0. The second-order valence-electron chi connectivity index (χ2n) is 5.97. The summed E-state index contributed by atoms with van der Waals surface area (Å²) < 4.78 is 26.5. The number of rotatable bonds is 2. The van der Waals surface area contributed by atoms with Gasteiger partial charge in [-0.05, 0) is 54.4 Å². The molecule has 1 atom stereocenters. The van der Waals surface area contributed by atoms with Crippen molar-refractivity contribution in [2.24, 2.45) is 11.8 Å². The van der Waals surface area contributed by atoms with E-state index in [4.69, 9.17) is 0 Å². The average molecular weight is 262 g/mol. The van der Waals surface area contributed by atoms with Gasteiger partial charge in [0.1, 0.15) is 11.6 Å². The van der Waals surface area contributed by atoms with E-state index >= 15 is 0 Å². The van der Waals surface area contributed by atoms with Crippen molar-refractivity contribution in [3.8, 4) is 0 Å². The smallest absolute Gasteiger partial charge is 0.126 e. The molecule has 1 aromatic carbocycles. The summed E-state index contributed by atoms with van der Waals surface area (Å²) in [6, 6.07) is 3.84. The Bertz CT molecular complexity index is 464. The highest BCUT2D eigenvalue weighted by Gasteiger charge is 2.26. The quantitative estimate of drug-likeness (QED) is 0.675. The van der Waals surface area contributed by atoms with Crippen LogP contribution in [0.5, 0.6) is 0 Å². The molecule has 2 heteroatoms. The van der Waals surface area contributed by atoms with Gasteiger partial charge in [-0.3, -0.25) is 0 Å². The van der Waals surface area contributed by atoms with Gasteiger partial charge in [0.25, 0.3) is 0 Å². The maximum Gasteiger partial charge on any atom is 0.126 e. The predicted octanol–water partition coefficient (Wildman–Crippen LogP) is 5.34. The van der Waals surface area contributed by atoms with Crippen LogP contribution in [0.4, 0.5) is 8.78 Å². The zero-order valence-corrected chi connectivity index (χ0v) is 11.2. The average Bonchev–Trinajstić information content (AvgIpc) is 2.91. The normalized spacial score (nSPS) is 24.5. The zero-order valence-electron chi connectivity index (χ0n) is 11.2. The van der Waals surface area contributed by atoms with E-state index < -0.39 is 11.6 Å². The van der Waals surface area contributed by atoms with Crippen LogP contribution in [0.15, 0.2) is 24.3 Å². The van der Waals surface area contributed by atoms with Crippen molar-refractivity contribution in [1.82, 2.24) is 0 Å². The number of hydrogen-bond acceptors (Lipinski definition) is 0. The molecule has 1 unspecified atom stereocenters. The Morgan fingerprint density at radius 2 is 1.53 bits per heavy atom. The summed E-state index contributed by atoms with van der Waals surface area (Å²) in [4.78, 5) is 0. The number of allylic oxidation sites excluding steroid dienone is 2. The summed E-state index contributed by atoms with van der Waals surface area (Å²) in [5.74, 6) is 0.731. The molecule has 102 valence electrons. The third-order valence-electron chi connectivity index (χ3n) is 4.75. The van der Waals surface area contributed by atoms with Gasteiger partial charge in [0.2, 0.25) is 0 Å². The number of hydrogen-bond donors (Lipinski definition) is 0. The van der Waals surface area contributed by atoms with Gasteiger partial charge >= 0.3 is 0 Å². The fourth-order valence-corrected chi connectivity index (χ4v) is 3.71. The monoisotopic (exact) mass is 262 g/mol. The van der Waals surface area contributed by atoms with Crippen LogP contribution >= 0.6 is 0 Å². The summed E-state index contributed by atoms with van der Waals surface area (Å²) >= 11 is 0. The van der Waals surface area contributed by atoms with Crippen molar-refractivity contribution in [3.63, 3.8) is 0 Å². The Labute approximate surface area is 113 Å². The lowest BCUT2D eigenvalue weighted by Crippen LogP contribution is -2.14. The fraction of sp³-hybridized carbons (Fsp3) is 0.529. The lowest BCUT2D eigenvalue weighted by atomic mass is 9.78. The van der Waals surface area contributed by atoms with Crippen LogP contribution in [-0.2, 0) is 0 Å². The SMILES string of the molecule is Fc1cc(F)cc(C2=CCC(C3CCCC3)CC2)c1. The van der Waals surface area contributed by atoms with Gasteiger partial charge in [-0.2, -0.15) is 0 Å². The van der Waals surface area contributed by atoms with Gasteiger partial charge in [0, 0.05) is 6.07 Å². The molecule has 0 bridgehead atoms. The highest BCUT2D eigenvalue weighted by Crippen LogP contribution is 2.40. The lowest BCUT2D eigenvalue weighted by Gasteiger charge is -2.27. The van der Waals surface area contributed by atoms with Crippen molar-refractivity contribution in [3.05, 3.63) is 41.5 Å². The molecule has 0 spiro atoms. The second-order valence-corrected chi connectivity index (χ2v) is 5.97. The van der Waals surface area contributed by atoms with Crippen LogP contribution < -0.4 is 0 Å². The molecular weight excluding hydrogens is 242 g/mol. The van der Waals surface area contributed by atoms with Crippen LogP contribution in [0.1, 0.15) is 50.5 Å². The molecule has 0 saturated heterocycles. The van der Waals surface area contributed by atoms with Crippen molar-refractivity contribution < 1.29 is 8.78 Å². The molecule has 19 heavy (non-hydrogen) atoms. The third kappa shape index (κ3) is 2.88. The van der Waals surface area contributed by atoms with Crippen molar-refractivity contribution in [1.29, 1.82) is 0 Å². The number of benzene rings is 1. The zero-order chi connectivity index (χ0) is 13.2. The van der Waals surface area contributed by atoms with Crippen LogP contribution in [0, 0.1) is 23.5 Å². The fourth-order valence-electron chi connectivity index (χ4n) is 3.71. The Morgan fingerprint density at radius 3 is 2.11 bits per heavy atom. The third-order valence-corrected chi connectivity index (χ3v) is 4.75. The Kier molecular flexibility index (Phi) is 3.67. The molecule has 2 aliphatic rings. The van der Waals surface area contributed by atoms with Gasteiger partial charge < -0.3 is 0 Å². The van der Waals surface area contributed by atoms with Crippen LogP contribution in [-0.4, -0.2) is 0 Å². The van der Waals surface area contributed by atoms with Gasteiger partial charge in [-0.15, -0.1) is 0 Å². The van der Waals surface area contributed by atoms with Crippen molar-refractivity contribution in [2.45, 2.75) is 44.9 Å². The van der Waals surface area contributed by atoms with E-state index in [0.29, 0.717) is 0 Å². The van der Waals surface area contributed by atoms with E-state index in [9.17, 15) is 8.78 Å². The Morgan fingerprint density at radius 1 is 0.842 bits per heavy atom. The highest BCUT2D eigenvalue weighted by atomic mass is 19.1. The van der Waals surface area contributed by atoms with Crippen LogP contribution in [0.3, 0.4) is 0 Å². The van der Waals surface area contributed by atoms with E-state index in [1.54, 1.807) is 0 Å². The molecule has 0 radical (unpaired) electrons. The first-order valence-corrected chi connectivity index (χ1v) is 7.38. The molecule has 0 amide bonds. The van der Waals surface area contributed by atoms with Crippen molar-refractivity contribution in [2.75, 3.05) is 0 Å². The predicted molar refractivity (Wildman–Crippen MR) is 73.6 cm³/mol. The lowest BCUT2D eigenvalue weighted by molar-refractivity contribution is 0.317. The van der Waals surface area contributed by atoms with Gasteiger partial charge in [0.05, 0.1) is 0 Å². The number of halogens is 2. The molecule has 3 rings (SSSR count). The van der Waals surface area contributed by atoms with Crippen LogP contribution in [0.25, 0.3) is 5.57 Å². The van der Waals surface area contributed by atoms with E-state index in [-0.39, 0.29) is 0 Å². The first-order chi connectivity index (χ1) is 9.22. The molecule has 0 aliphatic heterocycles. The van der Waals surface area contributed by atoms with Gasteiger partial charge in [-0.25, -0.2) is 8.78 Å². The standard InChI is InChI=1S/C17H20F2/c18-16-9-15(10-17(19)11-16)14-7-5-13(6-8-14)12-3-1-2-4-12/h7,9-13H,1-6,8H2. The molecule has 1 aromatic rings. The minimum atomic E-state index is -0.478. The van der Waals surface area contributed by atoms with Gasteiger partial charge in [0.15, 0.2) is 0 Å². The van der Waals surface area contributed by atoms with Crippen LogP contribution in [0.2, 0.25) is 0 Å². The molecule has 0 N–H and O–H groups in total. The Hall–Kier alpha value is -1.18. The summed E-state index contributed by atoms with van der Waals surface area (Å²) in [6.45, 7) is 0. The second kappa shape index (κ2) is 5.44. The molecule has 0 aromatic heterocycles. The molecule has 0 heterocycles. The van der Waals surface area contributed by atoms with E-state index in [1.165, 1.54) is 44.2 Å². The Balaban J connectivity index is 1.73. The molecule has 1 fully saturated rings. The largest absolute Gasteiger partial charge is 0.207 e. The topological polar surface area (TPSA) is 0 Å². The molecule has 0 nitrogen and oxygen atoms in total. The molecule has 2 aliphatic carbocycles. The summed E-state index contributed by atoms with van der Waals surface area (Å²) in [7, 11) is 0. The minimum absolute atomic E-state index is 0.478. The minimum Gasteiger partial charge on any atom is -0.207 e. The van der Waals surface area contributed by atoms with Gasteiger partial charge in [-0.1, -0.05) is 31.8 Å². The first-order valence-electron chi connectivity index (χ1n) is 7.38. The summed E-state index contributed by atoms with van der Waals surface area (Å²) in [6.07, 6.45) is 10.9. The van der Waals surface area contributed by atoms with E-state index in [1.807, 2.05) is 0 Å².